The van der Waals surface area contributed by atoms with E-state index in [1.54, 1.807) is 0 Å². The van der Waals surface area contributed by atoms with Crippen molar-refractivity contribution in [3.05, 3.63) is 60.8 Å². The minimum atomic E-state index is 0.446. The van der Waals surface area contributed by atoms with Gasteiger partial charge in [0.2, 0.25) is 0 Å². The molecule has 0 aromatic rings. The zero-order valence-corrected chi connectivity index (χ0v) is 30.5. The smallest absolute Gasteiger partial charge is 0.133 e. The number of Topliss-reactive ketones (excluding diaryl/α,β-unsaturated/α-hetero) is 1. The molecule has 0 unspecified atom stereocenters. The van der Waals surface area contributed by atoms with Gasteiger partial charge in [-0.3, -0.25) is 4.79 Å². The minimum Gasteiger partial charge on any atom is -0.381 e. The fraction of sp³-hybridized carbons (Fsp3) is 0.744. The van der Waals surface area contributed by atoms with Crippen molar-refractivity contribution in [2.24, 2.45) is 5.92 Å². The molecule has 1 heterocycles. The van der Waals surface area contributed by atoms with Crippen molar-refractivity contribution in [1.29, 1.82) is 0 Å². The van der Waals surface area contributed by atoms with Gasteiger partial charge in [-0.25, -0.2) is 0 Å². The molecular weight excluding hydrogens is 548 g/mol. The standard InChI is InChI=1S/C23H40O2.C20H36/c1-2-3-4-5-6-7-8-9-10-11-12-13-14-15-16-17-23(24)20-22-18-19-25-21-22;1-4-5-6-7-8-9-10-11-12-13-14-15-16-17-18-19-20(2)3/h6-7,9-10,22H,2-5,8,11-21H2,1H3;8-9,11-12H,2,4-7,10,13-19H2,1,3H3/b7-6-,10-9-;9-8-,12-11-/t22-;/m0./s1. The summed E-state index contributed by atoms with van der Waals surface area (Å²) in [6.07, 6.45) is 50.5. The molecule has 0 aromatic carbocycles. The van der Waals surface area contributed by atoms with Crippen molar-refractivity contribution >= 4 is 5.78 Å². The Kier molecular flexibility index (Phi) is 35.4. The Hall–Kier alpha value is -1.67. The number of hydrogen-bond donors (Lipinski definition) is 0. The summed E-state index contributed by atoms with van der Waals surface area (Å²) in [5.41, 5.74) is 1.33. The highest BCUT2D eigenvalue weighted by Crippen LogP contribution is 2.18. The van der Waals surface area contributed by atoms with Crippen LogP contribution in [0.2, 0.25) is 0 Å². The van der Waals surface area contributed by atoms with E-state index in [2.05, 4.69) is 76.0 Å². The summed E-state index contributed by atoms with van der Waals surface area (Å²) in [6, 6.07) is 0. The Labute approximate surface area is 282 Å². The van der Waals surface area contributed by atoms with Crippen LogP contribution in [0.5, 0.6) is 0 Å². The van der Waals surface area contributed by atoms with Crippen LogP contribution in [0.4, 0.5) is 0 Å². The molecule has 1 atom stereocenters. The summed E-state index contributed by atoms with van der Waals surface area (Å²) in [6.45, 7) is 12.2. The van der Waals surface area contributed by atoms with Gasteiger partial charge in [0.25, 0.3) is 0 Å². The lowest BCUT2D eigenvalue weighted by Crippen LogP contribution is -2.08. The zero-order chi connectivity index (χ0) is 32.9. The quantitative estimate of drug-likeness (QED) is 0.0587. The second kappa shape index (κ2) is 36.8. The van der Waals surface area contributed by atoms with Gasteiger partial charge in [0.15, 0.2) is 0 Å². The Morgan fingerprint density at radius 1 is 0.600 bits per heavy atom. The SMILES string of the molecule is C=C(C)CCCCCCC/C=C\C/C=C\CCCCC.CCCCC/C=C\C/C=C\CCCCCCCC(=O)C[C@@H]1CCOC1. The van der Waals surface area contributed by atoms with Crippen molar-refractivity contribution in [1.82, 2.24) is 0 Å². The largest absolute Gasteiger partial charge is 0.381 e. The number of ketones is 1. The van der Waals surface area contributed by atoms with Crippen LogP contribution in [0.25, 0.3) is 0 Å². The van der Waals surface area contributed by atoms with E-state index in [4.69, 9.17) is 4.74 Å². The van der Waals surface area contributed by atoms with Gasteiger partial charge in [-0.1, -0.05) is 132 Å². The first-order valence-corrected chi connectivity index (χ1v) is 19.4. The van der Waals surface area contributed by atoms with Crippen LogP contribution in [-0.4, -0.2) is 19.0 Å². The normalized spacial score (nSPS) is 15.1. The summed E-state index contributed by atoms with van der Waals surface area (Å²) in [5, 5.41) is 0. The van der Waals surface area contributed by atoms with Gasteiger partial charge in [-0.15, -0.1) is 6.58 Å². The maximum Gasteiger partial charge on any atom is 0.133 e. The lowest BCUT2D eigenvalue weighted by molar-refractivity contribution is -0.120. The average molecular weight is 625 g/mol. The number of carbonyl (C=O) groups excluding carboxylic acids is 1. The Bertz CT molecular complexity index is 750. The minimum absolute atomic E-state index is 0.446. The molecule has 1 fully saturated rings. The highest BCUT2D eigenvalue weighted by atomic mass is 16.5. The molecule has 0 bridgehead atoms. The maximum absolute atomic E-state index is 11.9. The van der Waals surface area contributed by atoms with E-state index >= 15 is 0 Å². The predicted molar refractivity (Wildman–Crippen MR) is 202 cm³/mol. The van der Waals surface area contributed by atoms with Crippen LogP contribution in [0.15, 0.2) is 60.8 Å². The molecule has 0 amide bonds. The van der Waals surface area contributed by atoms with Gasteiger partial charge < -0.3 is 4.74 Å². The van der Waals surface area contributed by atoms with Crippen molar-refractivity contribution in [3.8, 4) is 0 Å². The van der Waals surface area contributed by atoms with Crippen LogP contribution in [0.1, 0.15) is 188 Å². The summed E-state index contributed by atoms with van der Waals surface area (Å²) in [4.78, 5) is 11.9. The van der Waals surface area contributed by atoms with E-state index < -0.39 is 0 Å². The molecule has 0 aromatic heterocycles. The maximum atomic E-state index is 11.9. The van der Waals surface area contributed by atoms with Gasteiger partial charge in [-0.2, -0.15) is 0 Å². The first-order chi connectivity index (χ1) is 22.1. The molecule has 1 aliphatic rings. The molecule has 45 heavy (non-hydrogen) atoms. The van der Waals surface area contributed by atoms with E-state index in [0.717, 1.165) is 51.7 Å². The Balaban J connectivity index is 0.000000884. The summed E-state index contributed by atoms with van der Waals surface area (Å²) in [5.74, 6) is 0.951. The molecule has 1 saturated heterocycles. The summed E-state index contributed by atoms with van der Waals surface area (Å²) in [7, 11) is 0. The number of allylic oxidation sites excluding steroid dienone is 9. The van der Waals surface area contributed by atoms with Gasteiger partial charge in [0, 0.05) is 26.1 Å². The van der Waals surface area contributed by atoms with E-state index in [1.807, 2.05) is 0 Å². The molecule has 1 rings (SSSR count). The fourth-order valence-electron chi connectivity index (χ4n) is 5.54. The molecule has 0 saturated carbocycles. The van der Waals surface area contributed by atoms with E-state index in [1.165, 1.54) is 134 Å². The molecule has 0 radical (unpaired) electrons. The zero-order valence-electron chi connectivity index (χ0n) is 30.5. The number of unbranched alkanes of at least 4 members (excludes halogenated alkanes) is 16. The van der Waals surface area contributed by atoms with Gasteiger partial charge in [0.1, 0.15) is 5.78 Å². The highest BCUT2D eigenvalue weighted by molar-refractivity contribution is 5.78. The lowest BCUT2D eigenvalue weighted by Gasteiger charge is -2.06. The van der Waals surface area contributed by atoms with Crippen molar-refractivity contribution in [2.45, 2.75) is 188 Å². The first-order valence-electron chi connectivity index (χ1n) is 19.4. The van der Waals surface area contributed by atoms with E-state index in [9.17, 15) is 4.79 Å². The number of carbonyl (C=O) groups is 1. The fourth-order valence-corrected chi connectivity index (χ4v) is 5.54. The van der Waals surface area contributed by atoms with Crippen LogP contribution in [0, 0.1) is 5.92 Å². The van der Waals surface area contributed by atoms with Gasteiger partial charge in [-0.05, 0) is 103 Å². The molecular formula is C43H76O2. The van der Waals surface area contributed by atoms with Crippen LogP contribution in [-0.2, 0) is 9.53 Å². The highest BCUT2D eigenvalue weighted by Gasteiger charge is 2.18. The third-order valence-corrected chi connectivity index (χ3v) is 8.50. The van der Waals surface area contributed by atoms with Crippen LogP contribution >= 0.6 is 0 Å². The molecule has 0 spiro atoms. The number of hydrogen-bond acceptors (Lipinski definition) is 2. The molecule has 2 heteroatoms. The van der Waals surface area contributed by atoms with Gasteiger partial charge in [0.05, 0.1) is 0 Å². The van der Waals surface area contributed by atoms with E-state index in [0.29, 0.717) is 11.7 Å². The van der Waals surface area contributed by atoms with Gasteiger partial charge >= 0.3 is 0 Å². The lowest BCUT2D eigenvalue weighted by atomic mass is 9.98. The first kappa shape index (κ1) is 43.3. The second-order valence-electron chi connectivity index (χ2n) is 13.4. The topological polar surface area (TPSA) is 26.3 Å². The summed E-state index contributed by atoms with van der Waals surface area (Å²) < 4.78 is 5.33. The van der Waals surface area contributed by atoms with Crippen molar-refractivity contribution in [3.63, 3.8) is 0 Å². The third kappa shape index (κ3) is 36.7. The monoisotopic (exact) mass is 625 g/mol. The Morgan fingerprint density at radius 2 is 1.02 bits per heavy atom. The summed E-state index contributed by atoms with van der Waals surface area (Å²) >= 11 is 0. The second-order valence-corrected chi connectivity index (χ2v) is 13.4. The molecule has 0 aliphatic carbocycles. The van der Waals surface area contributed by atoms with E-state index in [-0.39, 0.29) is 0 Å². The van der Waals surface area contributed by atoms with Crippen molar-refractivity contribution in [2.75, 3.05) is 13.2 Å². The van der Waals surface area contributed by atoms with Crippen LogP contribution in [0.3, 0.4) is 0 Å². The Morgan fingerprint density at radius 3 is 1.44 bits per heavy atom. The number of ether oxygens (including phenoxy) is 1. The molecule has 2 nitrogen and oxygen atoms in total. The molecule has 260 valence electrons. The third-order valence-electron chi connectivity index (χ3n) is 8.50. The predicted octanol–water partition coefficient (Wildman–Crippen LogP) is 14.2. The number of rotatable bonds is 30. The molecule has 1 aliphatic heterocycles. The van der Waals surface area contributed by atoms with Crippen LogP contribution < -0.4 is 0 Å². The molecule has 0 N–H and O–H groups in total. The van der Waals surface area contributed by atoms with Crippen molar-refractivity contribution < 1.29 is 9.53 Å². The average Bonchev–Trinajstić information content (AvgIpc) is 3.54.